The van der Waals surface area contributed by atoms with Crippen molar-refractivity contribution in [2.24, 2.45) is 0 Å². The second-order valence-electron chi connectivity index (χ2n) is 2.79. The maximum absolute atomic E-state index is 5.23. The van der Waals surface area contributed by atoms with Gasteiger partial charge >= 0.3 is 12.0 Å². The molecule has 0 aromatic carbocycles. The van der Waals surface area contributed by atoms with Gasteiger partial charge in [-0.05, 0) is 13.8 Å². The fourth-order valence-electron chi connectivity index (χ4n) is 0.967. The largest absolute Gasteiger partial charge is 0.464 e. The lowest BCUT2D eigenvalue weighted by Crippen LogP contribution is -2.08. The minimum absolute atomic E-state index is 0.231. The van der Waals surface area contributed by atoms with Crippen molar-refractivity contribution in [1.29, 1.82) is 0 Å². The van der Waals surface area contributed by atoms with Crippen molar-refractivity contribution in [2.75, 3.05) is 25.1 Å². The first kappa shape index (κ1) is 12.2. The first-order valence-corrected chi connectivity index (χ1v) is 5.16. The lowest BCUT2D eigenvalue weighted by Gasteiger charge is -2.07. The number of rotatable bonds is 7. The zero-order chi connectivity index (χ0) is 11.8. The maximum atomic E-state index is 5.23. The van der Waals surface area contributed by atoms with E-state index in [9.17, 15) is 0 Å². The van der Waals surface area contributed by atoms with E-state index in [2.05, 4.69) is 26.8 Å². The SMILES string of the molecule is C=CCOc1nc(NCC)nc(OCC)n1. The highest BCUT2D eigenvalue weighted by atomic mass is 16.5. The summed E-state index contributed by atoms with van der Waals surface area (Å²) in [6, 6.07) is 0.488. The topological polar surface area (TPSA) is 69.2 Å². The third kappa shape index (κ3) is 3.72. The van der Waals surface area contributed by atoms with Crippen LogP contribution in [0, 0.1) is 0 Å². The molecule has 0 saturated heterocycles. The van der Waals surface area contributed by atoms with E-state index in [1.807, 2.05) is 13.8 Å². The molecule has 0 fully saturated rings. The molecule has 6 nitrogen and oxygen atoms in total. The van der Waals surface area contributed by atoms with E-state index in [4.69, 9.17) is 9.47 Å². The lowest BCUT2D eigenvalue weighted by atomic mass is 10.7. The van der Waals surface area contributed by atoms with Crippen LogP contribution in [0.2, 0.25) is 0 Å². The molecule has 0 spiro atoms. The molecular weight excluding hydrogens is 208 g/mol. The molecule has 0 aliphatic carbocycles. The normalized spacial score (nSPS) is 9.62. The molecular formula is C10H16N4O2. The fourth-order valence-corrected chi connectivity index (χ4v) is 0.967. The standard InChI is InChI=1S/C10H16N4O2/c1-4-7-16-10-13-8(11-5-2)12-9(14-10)15-6-3/h4H,1,5-7H2,2-3H3,(H,11,12,13,14). The summed E-state index contributed by atoms with van der Waals surface area (Å²) >= 11 is 0. The first-order valence-electron chi connectivity index (χ1n) is 5.16. The van der Waals surface area contributed by atoms with Gasteiger partial charge in [-0.3, -0.25) is 0 Å². The minimum Gasteiger partial charge on any atom is -0.464 e. The quantitative estimate of drug-likeness (QED) is 0.703. The van der Waals surface area contributed by atoms with E-state index in [1.165, 1.54) is 0 Å². The zero-order valence-electron chi connectivity index (χ0n) is 9.56. The van der Waals surface area contributed by atoms with Gasteiger partial charge in [0.2, 0.25) is 5.95 Å². The highest BCUT2D eigenvalue weighted by Gasteiger charge is 2.06. The molecule has 0 aliphatic rings. The van der Waals surface area contributed by atoms with Gasteiger partial charge in [-0.2, -0.15) is 9.97 Å². The molecule has 1 aromatic heterocycles. The zero-order valence-corrected chi connectivity index (χ0v) is 9.56. The third-order valence-corrected chi connectivity index (χ3v) is 1.53. The molecule has 0 radical (unpaired) electrons. The highest BCUT2D eigenvalue weighted by Crippen LogP contribution is 2.12. The molecule has 0 atom stereocenters. The molecule has 0 unspecified atom stereocenters. The Morgan fingerprint density at radius 2 is 1.88 bits per heavy atom. The van der Waals surface area contributed by atoms with Crippen LogP contribution in [-0.4, -0.2) is 34.7 Å². The molecule has 1 aromatic rings. The Morgan fingerprint density at radius 1 is 1.19 bits per heavy atom. The summed E-state index contributed by atoms with van der Waals surface area (Å²) < 4.78 is 10.4. The Morgan fingerprint density at radius 3 is 2.44 bits per heavy atom. The average Bonchev–Trinajstić information content (AvgIpc) is 2.27. The van der Waals surface area contributed by atoms with Crippen molar-refractivity contribution >= 4 is 5.95 Å². The van der Waals surface area contributed by atoms with Crippen LogP contribution in [0.1, 0.15) is 13.8 Å². The summed E-state index contributed by atoms with van der Waals surface area (Å²) in [4.78, 5) is 12.1. The number of hydrogen-bond donors (Lipinski definition) is 1. The van der Waals surface area contributed by atoms with Crippen molar-refractivity contribution in [1.82, 2.24) is 15.0 Å². The fraction of sp³-hybridized carbons (Fsp3) is 0.500. The van der Waals surface area contributed by atoms with Crippen molar-refractivity contribution < 1.29 is 9.47 Å². The van der Waals surface area contributed by atoms with Gasteiger partial charge in [0.1, 0.15) is 6.61 Å². The molecule has 16 heavy (non-hydrogen) atoms. The smallest absolute Gasteiger partial charge is 0.324 e. The van der Waals surface area contributed by atoms with Crippen LogP contribution in [0.4, 0.5) is 5.95 Å². The molecule has 0 saturated carbocycles. The summed E-state index contributed by atoms with van der Waals surface area (Å²) in [5.74, 6) is 0.444. The van der Waals surface area contributed by atoms with Crippen LogP contribution < -0.4 is 14.8 Å². The van der Waals surface area contributed by atoms with Gasteiger partial charge in [0.05, 0.1) is 6.61 Å². The second kappa shape index (κ2) is 6.60. The van der Waals surface area contributed by atoms with Crippen molar-refractivity contribution in [2.45, 2.75) is 13.8 Å². The van der Waals surface area contributed by atoms with Gasteiger partial charge in [-0.1, -0.05) is 12.7 Å². The van der Waals surface area contributed by atoms with E-state index >= 15 is 0 Å². The summed E-state index contributed by atoms with van der Waals surface area (Å²) in [6.45, 7) is 8.93. The Balaban J connectivity index is 2.84. The summed E-state index contributed by atoms with van der Waals surface area (Å²) in [5.41, 5.74) is 0. The van der Waals surface area contributed by atoms with Crippen LogP contribution in [0.15, 0.2) is 12.7 Å². The van der Waals surface area contributed by atoms with Crippen LogP contribution in [-0.2, 0) is 0 Å². The van der Waals surface area contributed by atoms with Crippen LogP contribution in [0.3, 0.4) is 0 Å². The number of nitrogens with zero attached hydrogens (tertiary/aromatic N) is 3. The van der Waals surface area contributed by atoms with E-state index in [1.54, 1.807) is 6.08 Å². The van der Waals surface area contributed by atoms with Crippen molar-refractivity contribution in [3.63, 3.8) is 0 Å². The van der Waals surface area contributed by atoms with E-state index in [-0.39, 0.29) is 12.0 Å². The molecule has 88 valence electrons. The molecule has 6 heteroatoms. The minimum atomic E-state index is 0.231. The van der Waals surface area contributed by atoms with E-state index in [0.29, 0.717) is 19.2 Å². The molecule has 0 aliphatic heterocycles. The maximum Gasteiger partial charge on any atom is 0.324 e. The van der Waals surface area contributed by atoms with E-state index < -0.39 is 0 Å². The predicted molar refractivity (Wildman–Crippen MR) is 60.9 cm³/mol. The third-order valence-electron chi connectivity index (χ3n) is 1.53. The Hall–Kier alpha value is -1.85. The number of ether oxygens (including phenoxy) is 2. The molecule has 1 heterocycles. The van der Waals surface area contributed by atoms with Crippen LogP contribution >= 0.6 is 0 Å². The Kier molecular flexibility index (Phi) is 5.04. The van der Waals surface area contributed by atoms with Crippen LogP contribution in [0.25, 0.3) is 0 Å². The number of hydrogen-bond acceptors (Lipinski definition) is 6. The molecule has 1 N–H and O–H groups in total. The lowest BCUT2D eigenvalue weighted by molar-refractivity contribution is 0.288. The van der Waals surface area contributed by atoms with Gasteiger partial charge in [-0.15, -0.1) is 4.98 Å². The molecule has 0 amide bonds. The van der Waals surface area contributed by atoms with Gasteiger partial charge < -0.3 is 14.8 Å². The average molecular weight is 224 g/mol. The number of nitrogens with one attached hydrogen (secondary N) is 1. The Labute approximate surface area is 94.7 Å². The summed E-state index contributed by atoms with van der Waals surface area (Å²) in [5, 5.41) is 2.98. The number of aromatic nitrogens is 3. The van der Waals surface area contributed by atoms with Gasteiger partial charge in [0.15, 0.2) is 0 Å². The second-order valence-corrected chi connectivity index (χ2v) is 2.79. The van der Waals surface area contributed by atoms with Gasteiger partial charge in [-0.25, -0.2) is 0 Å². The van der Waals surface area contributed by atoms with Crippen LogP contribution in [0.5, 0.6) is 12.0 Å². The van der Waals surface area contributed by atoms with E-state index in [0.717, 1.165) is 6.54 Å². The van der Waals surface area contributed by atoms with Gasteiger partial charge in [0.25, 0.3) is 0 Å². The van der Waals surface area contributed by atoms with Crippen molar-refractivity contribution in [3.05, 3.63) is 12.7 Å². The summed E-state index contributed by atoms with van der Waals surface area (Å²) in [6.07, 6.45) is 1.62. The monoisotopic (exact) mass is 224 g/mol. The summed E-state index contributed by atoms with van der Waals surface area (Å²) in [7, 11) is 0. The van der Waals surface area contributed by atoms with Gasteiger partial charge in [0, 0.05) is 6.54 Å². The molecule has 1 rings (SSSR count). The molecule has 0 bridgehead atoms. The first-order chi connectivity index (χ1) is 7.80. The van der Waals surface area contributed by atoms with Crippen molar-refractivity contribution in [3.8, 4) is 12.0 Å². The predicted octanol–water partition coefficient (Wildman–Crippen LogP) is 1.27. The number of anilines is 1. The Bertz CT molecular complexity index is 319. The highest BCUT2D eigenvalue weighted by molar-refractivity contribution is 5.27.